The number of rotatable bonds is 3. The molecule has 5 aromatic rings. The van der Waals surface area contributed by atoms with Crippen molar-refractivity contribution in [3.05, 3.63) is 71.9 Å². The molecular weight excluding hydrogens is 348 g/mol. The quantitative estimate of drug-likeness (QED) is 0.525. The second-order valence-corrected chi connectivity index (χ2v) is 6.40. The molecule has 0 saturated heterocycles. The van der Waals surface area contributed by atoms with E-state index in [9.17, 15) is 0 Å². The van der Waals surface area contributed by atoms with Crippen LogP contribution in [0.1, 0.15) is 5.56 Å². The van der Waals surface area contributed by atoms with Gasteiger partial charge in [-0.1, -0.05) is 23.7 Å². The van der Waals surface area contributed by atoms with E-state index < -0.39 is 0 Å². The molecule has 26 heavy (non-hydrogen) atoms. The van der Waals surface area contributed by atoms with Crippen molar-refractivity contribution >= 4 is 44.7 Å². The number of halogens is 1. The molecule has 7 heteroatoms. The monoisotopic (exact) mass is 360 g/mol. The third kappa shape index (κ3) is 2.43. The fourth-order valence-corrected chi connectivity index (χ4v) is 3.34. The summed E-state index contributed by atoms with van der Waals surface area (Å²) in [6, 6.07) is 9.66. The predicted molar refractivity (Wildman–Crippen MR) is 102 cm³/mol. The fraction of sp³-hybridized carbons (Fsp3) is 0.0526. The molecule has 0 aliphatic carbocycles. The predicted octanol–water partition coefficient (Wildman–Crippen LogP) is 4.09. The number of benzene rings is 1. The topological polar surface area (TPSA) is 68.0 Å². The minimum absolute atomic E-state index is 0.608. The molecule has 6 nitrogen and oxygen atoms in total. The summed E-state index contributed by atoms with van der Waals surface area (Å²) in [4.78, 5) is 13.3. The van der Waals surface area contributed by atoms with Crippen molar-refractivity contribution in [2.45, 2.75) is 6.54 Å². The summed E-state index contributed by atoms with van der Waals surface area (Å²) in [5, 5.41) is 10.7. The van der Waals surface area contributed by atoms with Gasteiger partial charge in [-0.05, 0) is 23.8 Å². The maximum Gasteiger partial charge on any atom is 0.138 e. The second-order valence-electron chi connectivity index (χ2n) is 5.97. The number of fused-ring (bicyclic) bond motifs is 5. The average molecular weight is 361 g/mol. The van der Waals surface area contributed by atoms with Crippen molar-refractivity contribution < 1.29 is 0 Å². The highest BCUT2D eigenvalue weighted by Crippen LogP contribution is 2.31. The Morgan fingerprint density at radius 1 is 1.08 bits per heavy atom. The molecule has 4 heterocycles. The molecular formula is C19H13ClN6. The molecule has 0 spiro atoms. The number of anilines is 1. The lowest BCUT2D eigenvalue weighted by Crippen LogP contribution is -2.02. The molecule has 1 aromatic carbocycles. The molecule has 0 unspecified atom stereocenters. The first-order valence-corrected chi connectivity index (χ1v) is 8.51. The first kappa shape index (κ1) is 15.0. The van der Waals surface area contributed by atoms with Gasteiger partial charge in [-0.2, -0.15) is 5.10 Å². The van der Waals surface area contributed by atoms with Gasteiger partial charge in [-0.15, -0.1) is 0 Å². The number of nitrogens with zero attached hydrogens (tertiary/aromatic N) is 5. The first-order chi connectivity index (χ1) is 12.8. The van der Waals surface area contributed by atoms with Crippen molar-refractivity contribution in [3.63, 3.8) is 0 Å². The van der Waals surface area contributed by atoms with Gasteiger partial charge in [0.1, 0.15) is 11.3 Å². The van der Waals surface area contributed by atoms with E-state index in [4.69, 9.17) is 21.7 Å². The van der Waals surface area contributed by atoms with Crippen LogP contribution in [0.4, 0.5) is 5.82 Å². The Hall–Kier alpha value is -3.25. The van der Waals surface area contributed by atoms with Crippen molar-refractivity contribution in [2.24, 2.45) is 0 Å². The van der Waals surface area contributed by atoms with Crippen molar-refractivity contribution in [3.8, 4) is 0 Å². The van der Waals surface area contributed by atoms with E-state index in [1.54, 1.807) is 24.8 Å². The fourth-order valence-electron chi connectivity index (χ4n) is 3.13. The van der Waals surface area contributed by atoms with Crippen LogP contribution in [0.15, 0.2) is 61.3 Å². The molecule has 126 valence electrons. The number of hydrogen-bond acceptors (Lipinski definition) is 5. The standard InChI is InChI=1S/C19H13ClN6/c20-13-3-1-2-12(8-13)9-23-19-17-16-11-22-6-7-26(16)25-18(17)14-10-21-5-4-15(14)24-19/h1-8,10-11H,9H2,(H,23,24). The summed E-state index contributed by atoms with van der Waals surface area (Å²) in [7, 11) is 0. The highest BCUT2D eigenvalue weighted by atomic mass is 35.5. The lowest BCUT2D eigenvalue weighted by atomic mass is 10.1. The van der Waals surface area contributed by atoms with E-state index in [2.05, 4.69) is 15.3 Å². The van der Waals surface area contributed by atoms with Crippen molar-refractivity contribution in [1.82, 2.24) is 24.6 Å². The number of pyridine rings is 2. The Bertz CT molecular complexity index is 1260. The summed E-state index contributed by atoms with van der Waals surface area (Å²) in [5.74, 6) is 0.765. The van der Waals surface area contributed by atoms with Crippen LogP contribution in [-0.2, 0) is 6.54 Å². The Labute approximate surface area is 153 Å². The molecule has 0 aliphatic rings. The van der Waals surface area contributed by atoms with Crippen LogP contribution in [0.3, 0.4) is 0 Å². The highest BCUT2D eigenvalue weighted by Gasteiger charge is 2.15. The van der Waals surface area contributed by atoms with Crippen LogP contribution in [0.5, 0.6) is 0 Å². The number of aromatic nitrogens is 5. The van der Waals surface area contributed by atoms with E-state index in [-0.39, 0.29) is 0 Å². The molecule has 0 atom stereocenters. The van der Waals surface area contributed by atoms with Crippen LogP contribution in [-0.4, -0.2) is 24.6 Å². The van der Waals surface area contributed by atoms with Gasteiger partial charge >= 0.3 is 0 Å². The van der Waals surface area contributed by atoms with Gasteiger partial charge in [0.05, 0.1) is 22.6 Å². The Balaban J connectivity index is 1.71. The van der Waals surface area contributed by atoms with Crippen LogP contribution in [0.25, 0.3) is 27.3 Å². The second kappa shape index (κ2) is 5.93. The lowest BCUT2D eigenvalue weighted by molar-refractivity contribution is 0.965. The zero-order chi connectivity index (χ0) is 17.5. The van der Waals surface area contributed by atoms with E-state index >= 15 is 0 Å². The Kier molecular flexibility index (Phi) is 3.43. The lowest BCUT2D eigenvalue weighted by Gasteiger charge is -2.09. The van der Waals surface area contributed by atoms with E-state index in [1.165, 1.54) is 0 Å². The Morgan fingerprint density at radius 2 is 2.00 bits per heavy atom. The number of hydrogen-bond donors (Lipinski definition) is 1. The van der Waals surface area contributed by atoms with Gasteiger partial charge < -0.3 is 5.32 Å². The summed E-state index contributed by atoms with van der Waals surface area (Å²) >= 11 is 6.09. The Morgan fingerprint density at radius 3 is 2.92 bits per heavy atom. The third-order valence-electron chi connectivity index (χ3n) is 4.31. The minimum atomic E-state index is 0.608. The van der Waals surface area contributed by atoms with Gasteiger partial charge in [0.25, 0.3) is 0 Å². The van der Waals surface area contributed by atoms with Gasteiger partial charge in [0.2, 0.25) is 0 Å². The summed E-state index contributed by atoms with van der Waals surface area (Å²) in [6.45, 7) is 0.608. The molecule has 0 aliphatic heterocycles. The maximum atomic E-state index is 6.09. The minimum Gasteiger partial charge on any atom is -0.365 e. The van der Waals surface area contributed by atoms with Crippen LogP contribution in [0.2, 0.25) is 5.02 Å². The van der Waals surface area contributed by atoms with E-state index in [0.29, 0.717) is 11.6 Å². The normalized spacial score (nSPS) is 11.4. The van der Waals surface area contributed by atoms with Gasteiger partial charge in [0.15, 0.2) is 0 Å². The van der Waals surface area contributed by atoms with Crippen molar-refractivity contribution in [2.75, 3.05) is 5.32 Å². The van der Waals surface area contributed by atoms with Gasteiger partial charge in [-0.25, -0.2) is 9.50 Å². The van der Waals surface area contributed by atoms with Crippen molar-refractivity contribution in [1.29, 1.82) is 0 Å². The molecule has 4 aromatic heterocycles. The SMILES string of the molecule is Clc1cccc(CNc2nc3ccncc3c3nn4ccncc4c23)c1. The highest BCUT2D eigenvalue weighted by molar-refractivity contribution is 6.30. The molecule has 0 radical (unpaired) electrons. The van der Waals surface area contributed by atoms with Crippen LogP contribution >= 0.6 is 11.6 Å². The maximum absolute atomic E-state index is 6.09. The van der Waals surface area contributed by atoms with Gasteiger partial charge in [-0.3, -0.25) is 9.97 Å². The zero-order valence-electron chi connectivity index (χ0n) is 13.6. The molecule has 0 bridgehead atoms. The molecule has 5 rings (SSSR count). The summed E-state index contributed by atoms with van der Waals surface area (Å²) in [6.07, 6.45) is 8.87. The number of nitrogens with one attached hydrogen (secondary N) is 1. The van der Waals surface area contributed by atoms with E-state index in [0.717, 1.165) is 38.7 Å². The molecule has 0 fully saturated rings. The molecule has 0 amide bonds. The van der Waals surface area contributed by atoms with Gasteiger partial charge in [0, 0.05) is 41.7 Å². The molecule has 0 saturated carbocycles. The average Bonchev–Trinajstić information content (AvgIpc) is 3.06. The van der Waals surface area contributed by atoms with Crippen LogP contribution < -0.4 is 5.32 Å². The smallest absolute Gasteiger partial charge is 0.138 e. The largest absolute Gasteiger partial charge is 0.365 e. The third-order valence-corrected chi connectivity index (χ3v) is 4.54. The van der Waals surface area contributed by atoms with E-state index in [1.807, 2.05) is 41.0 Å². The summed E-state index contributed by atoms with van der Waals surface area (Å²) in [5.41, 5.74) is 3.67. The molecule has 1 N–H and O–H groups in total. The summed E-state index contributed by atoms with van der Waals surface area (Å²) < 4.78 is 1.82. The van der Waals surface area contributed by atoms with Crippen LogP contribution in [0, 0.1) is 0 Å². The zero-order valence-corrected chi connectivity index (χ0v) is 14.4. The first-order valence-electron chi connectivity index (χ1n) is 8.14.